The Bertz CT molecular complexity index is 524. The zero-order valence-electron chi connectivity index (χ0n) is 10.5. The van der Waals surface area contributed by atoms with Gasteiger partial charge in [0, 0.05) is 5.56 Å². The van der Waals surface area contributed by atoms with Crippen molar-refractivity contribution < 1.29 is 8.78 Å². The number of nitrogens with one attached hydrogen (secondary N) is 2. The molecule has 1 aromatic carbocycles. The van der Waals surface area contributed by atoms with Crippen LogP contribution < -0.4 is 5.32 Å². The number of hydrogen-bond donors (Lipinski definition) is 2. The fraction of sp³-hybridized carbons (Fsp3) is 0.308. The van der Waals surface area contributed by atoms with Crippen molar-refractivity contribution in [1.82, 2.24) is 10.2 Å². The molecule has 0 aliphatic carbocycles. The molecule has 0 saturated heterocycles. The molecule has 0 spiro atoms. The van der Waals surface area contributed by atoms with E-state index in [2.05, 4.69) is 15.5 Å². The maximum absolute atomic E-state index is 13.6. The lowest BCUT2D eigenvalue weighted by molar-refractivity contribution is 0.544. The quantitative estimate of drug-likeness (QED) is 0.876. The molecule has 2 aromatic rings. The van der Waals surface area contributed by atoms with E-state index in [1.54, 1.807) is 6.92 Å². The van der Waals surface area contributed by atoms with E-state index in [9.17, 15) is 8.78 Å². The molecule has 1 aromatic heterocycles. The van der Waals surface area contributed by atoms with E-state index in [0.29, 0.717) is 0 Å². The van der Waals surface area contributed by atoms with Gasteiger partial charge < -0.3 is 5.32 Å². The van der Waals surface area contributed by atoms with Crippen LogP contribution in [-0.4, -0.2) is 10.2 Å². The van der Waals surface area contributed by atoms with Gasteiger partial charge in [0.25, 0.3) is 0 Å². The van der Waals surface area contributed by atoms with Crippen molar-refractivity contribution in [2.45, 2.75) is 26.8 Å². The van der Waals surface area contributed by atoms with Crippen molar-refractivity contribution >= 4 is 5.69 Å². The second-order valence-corrected chi connectivity index (χ2v) is 4.31. The number of rotatable bonds is 3. The van der Waals surface area contributed by atoms with Gasteiger partial charge in [0.15, 0.2) is 0 Å². The van der Waals surface area contributed by atoms with E-state index in [0.717, 1.165) is 17.1 Å². The molecule has 96 valence electrons. The van der Waals surface area contributed by atoms with Gasteiger partial charge in [0.1, 0.15) is 11.6 Å². The number of nitrogens with zero attached hydrogens (tertiary/aromatic N) is 1. The standard InChI is InChI=1S/C13H15F2N3/c1-7(12-10(14)5-4-6-11(12)15)16-13-8(2)17-18-9(13)3/h4-7,16H,1-3H3,(H,17,18). The van der Waals surface area contributed by atoms with Crippen LogP contribution in [0.25, 0.3) is 0 Å². The van der Waals surface area contributed by atoms with E-state index in [-0.39, 0.29) is 5.56 Å². The summed E-state index contributed by atoms with van der Waals surface area (Å²) in [6.07, 6.45) is 0. The van der Waals surface area contributed by atoms with Crippen molar-refractivity contribution in [1.29, 1.82) is 0 Å². The summed E-state index contributed by atoms with van der Waals surface area (Å²) in [6, 6.07) is 3.40. The predicted molar refractivity (Wildman–Crippen MR) is 66.5 cm³/mol. The maximum Gasteiger partial charge on any atom is 0.131 e. The number of anilines is 1. The first kappa shape index (κ1) is 12.5. The number of aryl methyl sites for hydroxylation is 2. The Morgan fingerprint density at radius 1 is 1.22 bits per heavy atom. The van der Waals surface area contributed by atoms with Crippen molar-refractivity contribution in [3.8, 4) is 0 Å². The Balaban J connectivity index is 2.30. The van der Waals surface area contributed by atoms with Gasteiger partial charge in [-0.1, -0.05) is 6.07 Å². The highest BCUT2D eigenvalue weighted by atomic mass is 19.1. The molecule has 18 heavy (non-hydrogen) atoms. The van der Waals surface area contributed by atoms with E-state index in [1.807, 2.05) is 13.8 Å². The van der Waals surface area contributed by atoms with Crippen LogP contribution in [0.15, 0.2) is 18.2 Å². The SMILES string of the molecule is Cc1n[nH]c(C)c1NC(C)c1c(F)cccc1F. The van der Waals surface area contributed by atoms with Gasteiger partial charge in [-0.3, -0.25) is 5.10 Å². The Hall–Kier alpha value is -1.91. The molecule has 0 aliphatic rings. The maximum atomic E-state index is 13.6. The second kappa shape index (κ2) is 4.76. The topological polar surface area (TPSA) is 40.7 Å². The molecule has 1 unspecified atom stereocenters. The number of aromatic amines is 1. The van der Waals surface area contributed by atoms with Gasteiger partial charge in [-0.15, -0.1) is 0 Å². The third-order valence-electron chi connectivity index (χ3n) is 2.92. The number of H-pyrrole nitrogens is 1. The highest BCUT2D eigenvalue weighted by molar-refractivity contribution is 5.53. The summed E-state index contributed by atoms with van der Waals surface area (Å²) in [4.78, 5) is 0. The van der Waals surface area contributed by atoms with Crippen LogP contribution in [0.3, 0.4) is 0 Å². The summed E-state index contributed by atoms with van der Waals surface area (Å²) in [5.41, 5.74) is 2.44. The Kier molecular flexibility index (Phi) is 3.32. The largest absolute Gasteiger partial charge is 0.375 e. The first-order valence-corrected chi connectivity index (χ1v) is 5.72. The molecule has 2 N–H and O–H groups in total. The van der Waals surface area contributed by atoms with E-state index in [4.69, 9.17) is 0 Å². The monoisotopic (exact) mass is 251 g/mol. The van der Waals surface area contributed by atoms with Crippen LogP contribution in [0.2, 0.25) is 0 Å². The minimum atomic E-state index is -0.547. The molecule has 0 bridgehead atoms. The van der Waals surface area contributed by atoms with Gasteiger partial charge in [-0.05, 0) is 32.9 Å². The highest BCUT2D eigenvalue weighted by Crippen LogP contribution is 2.26. The fourth-order valence-electron chi connectivity index (χ4n) is 1.98. The summed E-state index contributed by atoms with van der Waals surface area (Å²) >= 11 is 0. The molecule has 0 saturated carbocycles. The van der Waals surface area contributed by atoms with E-state index >= 15 is 0 Å². The van der Waals surface area contributed by atoms with Crippen LogP contribution >= 0.6 is 0 Å². The van der Waals surface area contributed by atoms with Crippen molar-refractivity contribution in [2.24, 2.45) is 0 Å². The Morgan fingerprint density at radius 3 is 2.33 bits per heavy atom. The summed E-state index contributed by atoms with van der Waals surface area (Å²) in [5.74, 6) is -1.09. The minimum Gasteiger partial charge on any atom is -0.375 e. The average Bonchev–Trinajstić information content (AvgIpc) is 2.60. The first-order valence-electron chi connectivity index (χ1n) is 5.72. The summed E-state index contributed by atoms with van der Waals surface area (Å²) in [7, 11) is 0. The lowest BCUT2D eigenvalue weighted by atomic mass is 10.1. The molecule has 0 aliphatic heterocycles. The summed E-state index contributed by atoms with van der Waals surface area (Å²) in [6.45, 7) is 5.40. The molecule has 3 nitrogen and oxygen atoms in total. The number of benzene rings is 1. The summed E-state index contributed by atoms with van der Waals surface area (Å²) in [5, 5.41) is 9.94. The van der Waals surface area contributed by atoms with Crippen LogP contribution in [0, 0.1) is 25.5 Å². The third kappa shape index (κ3) is 2.20. The molecule has 5 heteroatoms. The highest BCUT2D eigenvalue weighted by Gasteiger charge is 2.17. The molecule has 0 fully saturated rings. The van der Waals surface area contributed by atoms with Gasteiger partial charge in [-0.2, -0.15) is 5.10 Å². The van der Waals surface area contributed by atoms with Crippen LogP contribution in [0.1, 0.15) is 29.9 Å². The molecule has 0 amide bonds. The predicted octanol–water partition coefficient (Wildman–Crippen LogP) is 3.48. The molecule has 1 heterocycles. The molecule has 1 atom stereocenters. The number of aromatic nitrogens is 2. The average molecular weight is 251 g/mol. The molecular formula is C13H15F2N3. The molecule has 0 radical (unpaired) electrons. The van der Waals surface area contributed by atoms with Crippen LogP contribution in [0.4, 0.5) is 14.5 Å². The normalized spacial score (nSPS) is 12.5. The lowest BCUT2D eigenvalue weighted by Crippen LogP contribution is -2.11. The lowest BCUT2D eigenvalue weighted by Gasteiger charge is -2.17. The Morgan fingerprint density at radius 2 is 1.83 bits per heavy atom. The number of hydrogen-bond acceptors (Lipinski definition) is 2. The van der Waals surface area contributed by atoms with Crippen LogP contribution in [0.5, 0.6) is 0 Å². The van der Waals surface area contributed by atoms with E-state index in [1.165, 1.54) is 18.2 Å². The van der Waals surface area contributed by atoms with Gasteiger partial charge >= 0.3 is 0 Å². The first-order chi connectivity index (χ1) is 8.50. The van der Waals surface area contributed by atoms with Gasteiger partial charge in [-0.25, -0.2) is 8.78 Å². The van der Waals surface area contributed by atoms with Gasteiger partial charge in [0.2, 0.25) is 0 Å². The zero-order chi connectivity index (χ0) is 13.3. The van der Waals surface area contributed by atoms with Crippen molar-refractivity contribution in [3.05, 3.63) is 46.8 Å². The fourth-order valence-corrected chi connectivity index (χ4v) is 1.98. The van der Waals surface area contributed by atoms with E-state index < -0.39 is 17.7 Å². The van der Waals surface area contributed by atoms with Gasteiger partial charge in [0.05, 0.1) is 23.1 Å². The van der Waals surface area contributed by atoms with Crippen molar-refractivity contribution in [3.63, 3.8) is 0 Å². The zero-order valence-corrected chi connectivity index (χ0v) is 10.5. The second-order valence-electron chi connectivity index (χ2n) is 4.31. The minimum absolute atomic E-state index is 0.0394. The van der Waals surface area contributed by atoms with Crippen molar-refractivity contribution in [2.75, 3.05) is 5.32 Å². The summed E-state index contributed by atoms with van der Waals surface area (Å²) < 4.78 is 27.3. The smallest absolute Gasteiger partial charge is 0.131 e. The molecular weight excluding hydrogens is 236 g/mol. The Labute approximate surface area is 104 Å². The number of halogens is 2. The molecule has 2 rings (SSSR count). The van der Waals surface area contributed by atoms with Crippen LogP contribution in [-0.2, 0) is 0 Å². The third-order valence-corrected chi connectivity index (χ3v) is 2.92.